The predicted octanol–water partition coefficient (Wildman–Crippen LogP) is 5.82. The number of morpholine rings is 1. The van der Waals surface area contributed by atoms with Crippen LogP contribution in [0, 0.1) is 0 Å². The quantitative estimate of drug-likeness (QED) is 0.267. The summed E-state index contributed by atoms with van der Waals surface area (Å²) in [6.07, 6.45) is 3.98. The molecule has 0 aliphatic carbocycles. The van der Waals surface area contributed by atoms with Crippen LogP contribution >= 0.6 is 11.6 Å². The summed E-state index contributed by atoms with van der Waals surface area (Å²) in [5.41, 5.74) is 4.27. The van der Waals surface area contributed by atoms with E-state index >= 15 is 0 Å². The molecule has 0 aromatic heterocycles. The Morgan fingerprint density at radius 2 is 1.24 bits per heavy atom. The number of nitrogens with one attached hydrogen (secondary N) is 1. The summed E-state index contributed by atoms with van der Waals surface area (Å²) in [7, 11) is 0. The van der Waals surface area contributed by atoms with Crippen molar-refractivity contribution in [3.8, 4) is 0 Å². The third kappa shape index (κ3) is 10.1. The number of nitrogens with zero attached hydrogens (tertiary/aromatic N) is 3. The molecule has 10 heteroatoms. The molecular weight excluding hydrogens is 604 g/mol. The number of fused-ring (bicyclic) bond motifs is 1. The van der Waals surface area contributed by atoms with Crippen molar-refractivity contribution in [3.05, 3.63) is 125 Å². The number of benzene rings is 3. The lowest BCUT2D eigenvalue weighted by molar-refractivity contribution is 0.0902. The third-order valence-corrected chi connectivity index (χ3v) is 8.16. The van der Waals surface area contributed by atoms with Gasteiger partial charge in [-0.2, -0.15) is 0 Å². The fraction of sp³-hybridized carbons (Fsp3) is 0.333. The number of carbonyl (C=O) groups excluding carboxylic acids is 2. The molecular formula is C36H41ClN4O5. The molecule has 3 aromatic carbocycles. The molecule has 2 unspecified atom stereocenters. The van der Waals surface area contributed by atoms with Gasteiger partial charge in [0.15, 0.2) is 0 Å². The molecule has 4 aliphatic rings. The maximum atomic E-state index is 11.6. The second-order valence-electron chi connectivity index (χ2n) is 11.3. The second kappa shape index (κ2) is 16.8. The van der Waals surface area contributed by atoms with Gasteiger partial charge in [-0.3, -0.25) is 0 Å². The van der Waals surface area contributed by atoms with Crippen molar-refractivity contribution in [3.63, 3.8) is 0 Å². The molecule has 4 aliphatic heterocycles. The van der Waals surface area contributed by atoms with E-state index in [9.17, 15) is 9.59 Å². The van der Waals surface area contributed by atoms with E-state index in [1.54, 1.807) is 9.80 Å². The SMILES string of the molecule is C=C(c1ccc(Cl)cc1)N1CCNCC1.O=C(OCc1ccccc1)N1CC2OC2C1.O=C(OCc1ccccc1)N1CC=CC1. The summed E-state index contributed by atoms with van der Waals surface area (Å²) < 4.78 is 15.6. The highest BCUT2D eigenvalue weighted by molar-refractivity contribution is 6.30. The monoisotopic (exact) mass is 644 g/mol. The number of hydrogen-bond donors (Lipinski definition) is 1. The Labute approximate surface area is 276 Å². The molecule has 9 nitrogen and oxygen atoms in total. The van der Waals surface area contributed by atoms with Crippen LogP contribution in [-0.2, 0) is 27.4 Å². The van der Waals surface area contributed by atoms with E-state index < -0.39 is 0 Å². The smallest absolute Gasteiger partial charge is 0.410 e. The normalized spacial score (nSPS) is 19.2. The zero-order chi connectivity index (χ0) is 32.1. The van der Waals surface area contributed by atoms with Crippen molar-refractivity contribution < 1.29 is 23.8 Å². The fourth-order valence-electron chi connectivity index (χ4n) is 5.17. The zero-order valence-corrected chi connectivity index (χ0v) is 26.7. The highest BCUT2D eigenvalue weighted by Crippen LogP contribution is 2.30. The van der Waals surface area contributed by atoms with E-state index in [0.29, 0.717) is 39.4 Å². The van der Waals surface area contributed by atoms with E-state index in [-0.39, 0.29) is 24.4 Å². The topological polar surface area (TPSA) is 86.9 Å². The van der Waals surface area contributed by atoms with Gasteiger partial charge in [0, 0.05) is 50.0 Å². The molecule has 4 heterocycles. The van der Waals surface area contributed by atoms with E-state index in [4.69, 9.17) is 25.8 Å². The van der Waals surface area contributed by atoms with Crippen molar-refractivity contribution in [2.75, 3.05) is 52.4 Å². The lowest BCUT2D eigenvalue weighted by Crippen LogP contribution is -2.42. The maximum Gasteiger partial charge on any atom is 0.410 e. The first-order valence-corrected chi connectivity index (χ1v) is 16.0. The first-order chi connectivity index (χ1) is 22.5. The Hall–Kier alpha value is -4.31. The molecule has 7 rings (SSSR count). The molecule has 242 valence electrons. The lowest BCUT2D eigenvalue weighted by atomic mass is 10.1. The largest absolute Gasteiger partial charge is 0.445 e. The van der Waals surface area contributed by atoms with Gasteiger partial charge in [0.25, 0.3) is 0 Å². The van der Waals surface area contributed by atoms with Crippen molar-refractivity contribution >= 4 is 29.5 Å². The summed E-state index contributed by atoms with van der Waals surface area (Å²) in [6, 6.07) is 27.2. The fourth-order valence-corrected chi connectivity index (χ4v) is 5.29. The number of ether oxygens (including phenoxy) is 3. The van der Waals surface area contributed by atoms with Gasteiger partial charge in [-0.25, -0.2) is 9.59 Å². The van der Waals surface area contributed by atoms with E-state index in [2.05, 4.69) is 16.8 Å². The molecule has 3 saturated heterocycles. The average Bonchev–Trinajstić information content (AvgIpc) is 3.43. The molecule has 1 N–H and O–H groups in total. The Morgan fingerprint density at radius 3 is 1.76 bits per heavy atom. The van der Waals surface area contributed by atoms with Gasteiger partial charge in [0.05, 0.1) is 13.1 Å². The number of hydrogen-bond acceptors (Lipinski definition) is 7. The minimum Gasteiger partial charge on any atom is -0.445 e. The Balaban J connectivity index is 0.000000136. The summed E-state index contributed by atoms with van der Waals surface area (Å²) in [5.74, 6) is 0. The highest BCUT2D eigenvalue weighted by Gasteiger charge is 2.49. The van der Waals surface area contributed by atoms with Crippen LogP contribution in [0.3, 0.4) is 0 Å². The molecule has 0 saturated carbocycles. The van der Waals surface area contributed by atoms with Crippen LogP contribution in [0.15, 0.2) is 104 Å². The van der Waals surface area contributed by atoms with Crippen LogP contribution in [0.4, 0.5) is 9.59 Å². The molecule has 46 heavy (non-hydrogen) atoms. The van der Waals surface area contributed by atoms with E-state index in [1.807, 2.05) is 97.1 Å². The number of amides is 2. The number of halogens is 1. The van der Waals surface area contributed by atoms with Crippen LogP contribution in [0.5, 0.6) is 0 Å². The molecule has 0 radical (unpaired) electrons. The van der Waals surface area contributed by atoms with Crippen molar-refractivity contribution in [2.24, 2.45) is 0 Å². The standard InChI is InChI=1S/C12H15ClN2.C12H13NO3.C12H13NO2/c1-10(15-8-6-14-7-9-15)11-2-4-12(13)5-3-11;14-12(13-6-10-11(7-13)16-10)15-8-9-4-2-1-3-5-9;14-12(13-8-4-5-9-13)15-10-11-6-2-1-3-7-11/h2-5,14H,1,6-9H2;1-5,10-11H,6-8H2;1-7H,8-10H2. The van der Waals surface area contributed by atoms with Gasteiger partial charge in [-0.15, -0.1) is 0 Å². The molecule has 0 bridgehead atoms. The summed E-state index contributed by atoms with van der Waals surface area (Å²) in [5, 5.41) is 4.10. The number of carbonyl (C=O) groups is 2. The summed E-state index contributed by atoms with van der Waals surface area (Å²) in [4.78, 5) is 28.8. The molecule has 2 amide bonds. The minimum absolute atomic E-state index is 0.236. The van der Waals surface area contributed by atoms with Gasteiger partial charge in [-0.05, 0) is 28.8 Å². The van der Waals surface area contributed by atoms with Gasteiger partial charge >= 0.3 is 12.2 Å². The molecule has 3 aromatic rings. The molecule has 2 atom stereocenters. The highest BCUT2D eigenvalue weighted by atomic mass is 35.5. The van der Waals surface area contributed by atoms with Crippen molar-refractivity contribution in [2.45, 2.75) is 25.4 Å². The third-order valence-electron chi connectivity index (χ3n) is 7.91. The van der Waals surface area contributed by atoms with Gasteiger partial charge in [0.1, 0.15) is 25.4 Å². The van der Waals surface area contributed by atoms with Crippen LogP contribution in [0.25, 0.3) is 5.70 Å². The predicted molar refractivity (Wildman–Crippen MR) is 179 cm³/mol. The van der Waals surface area contributed by atoms with Crippen LogP contribution in [-0.4, -0.2) is 91.5 Å². The van der Waals surface area contributed by atoms with E-state index in [1.165, 1.54) is 0 Å². The number of piperazine rings is 1. The maximum absolute atomic E-state index is 11.6. The second-order valence-corrected chi connectivity index (χ2v) is 11.7. The minimum atomic E-state index is -0.246. The van der Waals surface area contributed by atoms with Crippen LogP contribution in [0.2, 0.25) is 5.02 Å². The van der Waals surface area contributed by atoms with Crippen LogP contribution in [0.1, 0.15) is 16.7 Å². The van der Waals surface area contributed by atoms with E-state index in [0.717, 1.165) is 53.6 Å². The summed E-state index contributed by atoms with van der Waals surface area (Å²) in [6.45, 7) is 11.6. The lowest BCUT2D eigenvalue weighted by Gasteiger charge is -2.31. The van der Waals surface area contributed by atoms with Crippen molar-refractivity contribution in [1.29, 1.82) is 0 Å². The van der Waals surface area contributed by atoms with Crippen molar-refractivity contribution in [1.82, 2.24) is 20.0 Å². The number of epoxide rings is 1. The Kier molecular flexibility index (Phi) is 12.1. The Morgan fingerprint density at radius 1 is 0.739 bits per heavy atom. The first kappa shape index (κ1) is 33.1. The average molecular weight is 645 g/mol. The molecule has 0 spiro atoms. The first-order valence-electron chi connectivity index (χ1n) is 15.6. The van der Waals surface area contributed by atoms with Gasteiger partial charge < -0.3 is 34.2 Å². The molecule has 3 fully saturated rings. The van der Waals surface area contributed by atoms with Gasteiger partial charge in [-0.1, -0.05) is 103 Å². The zero-order valence-electron chi connectivity index (χ0n) is 25.9. The van der Waals surface area contributed by atoms with Gasteiger partial charge in [0.2, 0.25) is 0 Å². The summed E-state index contributed by atoms with van der Waals surface area (Å²) >= 11 is 5.85. The number of likely N-dealkylation sites (tertiary alicyclic amines) is 1. The Bertz CT molecular complexity index is 1430. The van der Waals surface area contributed by atoms with Crippen LogP contribution < -0.4 is 5.32 Å². The number of rotatable bonds is 6.